The van der Waals surface area contributed by atoms with Crippen LogP contribution in [0.3, 0.4) is 0 Å². The Balaban J connectivity index is 1.40. The summed E-state index contributed by atoms with van der Waals surface area (Å²) in [6.45, 7) is 6.18. The van der Waals surface area contributed by atoms with E-state index in [0.717, 1.165) is 39.1 Å². The Kier molecular flexibility index (Phi) is 6.64. The molecule has 0 saturated carbocycles. The van der Waals surface area contributed by atoms with Gasteiger partial charge in [0.05, 0.1) is 30.6 Å². The van der Waals surface area contributed by atoms with Crippen molar-refractivity contribution in [1.82, 2.24) is 15.2 Å². The maximum Gasteiger partial charge on any atom is 0.258 e. The van der Waals surface area contributed by atoms with Gasteiger partial charge in [-0.25, -0.2) is 0 Å². The van der Waals surface area contributed by atoms with Crippen LogP contribution in [0.25, 0.3) is 17.0 Å². The number of H-pyrrole nitrogens is 1. The lowest BCUT2D eigenvalue weighted by molar-refractivity contribution is -0.125. The van der Waals surface area contributed by atoms with Crippen LogP contribution in [0.15, 0.2) is 70.3 Å². The molecule has 3 N–H and O–H groups in total. The molecule has 0 spiro atoms. The second kappa shape index (κ2) is 10.2. The van der Waals surface area contributed by atoms with Crippen LogP contribution >= 0.6 is 0 Å². The molecule has 2 amide bonds. The molecule has 0 fully saturated rings. The first-order valence-corrected chi connectivity index (χ1v) is 12.2. The summed E-state index contributed by atoms with van der Waals surface area (Å²) in [5.74, 6) is 0.0609. The summed E-state index contributed by atoms with van der Waals surface area (Å²) < 4.78 is 5.70. The molecule has 8 nitrogen and oxygen atoms in total. The molecule has 1 aliphatic heterocycles. The van der Waals surface area contributed by atoms with Gasteiger partial charge in [0.15, 0.2) is 0 Å². The number of amides is 2. The summed E-state index contributed by atoms with van der Waals surface area (Å²) in [5, 5.41) is 7.14. The first-order valence-electron chi connectivity index (χ1n) is 12.2. The molecule has 1 aliphatic rings. The van der Waals surface area contributed by atoms with E-state index in [1.54, 1.807) is 18.0 Å². The molecule has 0 unspecified atom stereocenters. The van der Waals surface area contributed by atoms with Gasteiger partial charge < -0.3 is 24.9 Å². The van der Waals surface area contributed by atoms with Crippen molar-refractivity contribution in [2.45, 2.75) is 32.5 Å². The van der Waals surface area contributed by atoms with Crippen LogP contribution in [0.5, 0.6) is 0 Å². The Morgan fingerprint density at radius 2 is 2.08 bits per heavy atom. The van der Waals surface area contributed by atoms with Gasteiger partial charge in [0.1, 0.15) is 11.8 Å². The van der Waals surface area contributed by atoms with Crippen molar-refractivity contribution in [3.8, 4) is 0 Å². The van der Waals surface area contributed by atoms with E-state index >= 15 is 0 Å². The summed E-state index contributed by atoms with van der Waals surface area (Å²) in [6, 6.07) is 14.8. The van der Waals surface area contributed by atoms with Crippen molar-refractivity contribution in [3.63, 3.8) is 0 Å². The van der Waals surface area contributed by atoms with Crippen LogP contribution in [0.2, 0.25) is 0 Å². The average molecular weight is 496 g/mol. The molecule has 0 saturated heterocycles. The number of carbonyl (C=O) groups is 2. The van der Waals surface area contributed by atoms with E-state index in [9.17, 15) is 9.59 Å². The molecule has 3 heterocycles. The first kappa shape index (κ1) is 24.1. The zero-order valence-electron chi connectivity index (χ0n) is 20.9. The number of rotatable bonds is 7. The molecular formula is C29H29N5O3. The lowest BCUT2D eigenvalue weighted by atomic mass is 9.95. The molecule has 0 bridgehead atoms. The Labute approximate surface area is 215 Å². The van der Waals surface area contributed by atoms with Crippen molar-refractivity contribution in [3.05, 3.63) is 89.0 Å². The van der Waals surface area contributed by atoms with Gasteiger partial charge in [-0.15, -0.1) is 0 Å². The largest absolute Gasteiger partial charge is 0.467 e. The lowest BCUT2D eigenvalue weighted by Gasteiger charge is -2.34. The van der Waals surface area contributed by atoms with Gasteiger partial charge in [0.2, 0.25) is 5.91 Å². The minimum atomic E-state index is -0.623. The van der Waals surface area contributed by atoms with E-state index in [1.165, 1.54) is 6.26 Å². The third kappa shape index (κ3) is 4.53. The number of aromatic amines is 1. The van der Waals surface area contributed by atoms with Gasteiger partial charge in [0, 0.05) is 41.3 Å². The number of allylic oxidation sites excluding steroid dienone is 1. The van der Waals surface area contributed by atoms with Crippen molar-refractivity contribution in [2.24, 2.45) is 4.99 Å². The van der Waals surface area contributed by atoms with E-state index in [-0.39, 0.29) is 11.8 Å². The van der Waals surface area contributed by atoms with E-state index < -0.39 is 6.04 Å². The Hall–Kier alpha value is -4.59. The minimum absolute atomic E-state index is 0.195. The normalized spacial score (nSPS) is 15.1. The van der Waals surface area contributed by atoms with Gasteiger partial charge in [-0.1, -0.05) is 30.4 Å². The molecule has 1 atom stereocenters. The van der Waals surface area contributed by atoms with Crippen LogP contribution in [0.1, 0.15) is 39.9 Å². The number of aliphatic imine (C=N–C) groups is 1. The SMILES string of the molecule is C=Nc1ccc(NCc2occc2C(=O)N2Cc3[nH]c4ccccc4c3C[C@@H]2C(=O)NC)cc1/C=C\C. The van der Waals surface area contributed by atoms with Crippen molar-refractivity contribution in [1.29, 1.82) is 0 Å². The number of para-hydroxylation sites is 1. The molecule has 8 heteroatoms. The quantitative estimate of drug-likeness (QED) is 0.312. The highest BCUT2D eigenvalue weighted by molar-refractivity contribution is 5.99. The number of aromatic nitrogens is 1. The van der Waals surface area contributed by atoms with E-state index in [2.05, 4.69) is 27.3 Å². The number of likely N-dealkylation sites (N-methyl/N-ethyl adjacent to an activating group) is 1. The summed E-state index contributed by atoms with van der Waals surface area (Å²) in [4.78, 5) is 35.8. The number of hydrogen-bond acceptors (Lipinski definition) is 5. The van der Waals surface area contributed by atoms with Crippen LogP contribution in [-0.4, -0.2) is 41.5 Å². The third-order valence-corrected chi connectivity index (χ3v) is 6.79. The smallest absolute Gasteiger partial charge is 0.258 e. The maximum absolute atomic E-state index is 13.8. The molecule has 37 heavy (non-hydrogen) atoms. The van der Waals surface area contributed by atoms with Gasteiger partial charge in [-0.3, -0.25) is 14.6 Å². The zero-order chi connectivity index (χ0) is 25.9. The number of anilines is 1. The van der Waals surface area contributed by atoms with Gasteiger partial charge in [0.25, 0.3) is 5.91 Å². The predicted octanol–water partition coefficient (Wildman–Crippen LogP) is 5.05. The first-order chi connectivity index (χ1) is 18.0. The standard InChI is InChI=1S/C29H29N5O3/c1-4-7-18-14-19(10-11-23(18)30-2)32-16-27-21(12-13-37-27)29(36)34-17-25-22(15-26(34)28(35)31-3)20-8-5-6-9-24(20)33-25/h4-14,26,32-33H,2,15-17H2,1,3H3,(H,31,35)/b7-4-/t26-/m1/s1. The second-order valence-corrected chi connectivity index (χ2v) is 8.94. The second-order valence-electron chi connectivity index (χ2n) is 8.94. The minimum Gasteiger partial charge on any atom is -0.467 e. The molecule has 0 radical (unpaired) electrons. The molecule has 4 aromatic rings. The van der Waals surface area contributed by atoms with E-state index in [1.807, 2.05) is 61.5 Å². The average Bonchev–Trinajstić information content (AvgIpc) is 3.55. The topological polar surface area (TPSA) is 103 Å². The highest BCUT2D eigenvalue weighted by atomic mass is 16.3. The summed E-state index contributed by atoms with van der Waals surface area (Å²) in [5.41, 5.74) is 6.05. The highest BCUT2D eigenvalue weighted by Gasteiger charge is 2.37. The number of fused-ring (bicyclic) bond motifs is 3. The maximum atomic E-state index is 13.8. The van der Waals surface area contributed by atoms with Crippen LogP contribution in [0, 0.1) is 0 Å². The molecular weight excluding hydrogens is 466 g/mol. The van der Waals surface area contributed by atoms with Crippen molar-refractivity contribution >= 4 is 46.9 Å². The lowest BCUT2D eigenvalue weighted by Crippen LogP contribution is -2.52. The molecule has 5 rings (SSSR count). The predicted molar refractivity (Wildman–Crippen MR) is 146 cm³/mol. The zero-order valence-corrected chi connectivity index (χ0v) is 20.9. The van der Waals surface area contributed by atoms with Crippen molar-refractivity contribution < 1.29 is 14.0 Å². The number of nitrogens with zero attached hydrogens (tertiary/aromatic N) is 2. The molecule has 188 valence electrons. The fourth-order valence-corrected chi connectivity index (χ4v) is 4.95. The Bertz CT molecular complexity index is 1510. The summed E-state index contributed by atoms with van der Waals surface area (Å²) in [6.07, 6.45) is 5.85. The highest BCUT2D eigenvalue weighted by Crippen LogP contribution is 2.32. The third-order valence-electron chi connectivity index (χ3n) is 6.79. The van der Waals surface area contributed by atoms with E-state index in [4.69, 9.17) is 4.42 Å². The van der Waals surface area contributed by atoms with Crippen LogP contribution in [0.4, 0.5) is 11.4 Å². The van der Waals surface area contributed by atoms with Gasteiger partial charge >= 0.3 is 0 Å². The van der Waals surface area contributed by atoms with Gasteiger partial charge in [-0.2, -0.15) is 0 Å². The number of nitrogens with one attached hydrogen (secondary N) is 3. The van der Waals surface area contributed by atoms with E-state index in [0.29, 0.717) is 30.8 Å². The van der Waals surface area contributed by atoms with Crippen LogP contribution < -0.4 is 10.6 Å². The Morgan fingerprint density at radius 1 is 1.24 bits per heavy atom. The fraction of sp³-hybridized carbons (Fsp3) is 0.207. The molecule has 2 aromatic heterocycles. The van der Waals surface area contributed by atoms with Gasteiger partial charge in [-0.05, 0) is 49.5 Å². The number of benzene rings is 2. The number of carbonyl (C=O) groups excluding carboxylic acids is 2. The number of hydrogen-bond donors (Lipinski definition) is 3. The number of furan rings is 1. The Morgan fingerprint density at radius 3 is 2.86 bits per heavy atom. The summed E-state index contributed by atoms with van der Waals surface area (Å²) >= 11 is 0. The van der Waals surface area contributed by atoms with Crippen LogP contribution in [-0.2, 0) is 24.3 Å². The van der Waals surface area contributed by atoms with Crippen molar-refractivity contribution in [2.75, 3.05) is 12.4 Å². The molecule has 2 aromatic carbocycles. The summed E-state index contributed by atoms with van der Waals surface area (Å²) in [7, 11) is 1.60. The molecule has 0 aliphatic carbocycles. The monoisotopic (exact) mass is 495 g/mol. The fourth-order valence-electron chi connectivity index (χ4n) is 4.95.